The van der Waals surface area contributed by atoms with Crippen LogP contribution in [0.5, 0.6) is 0 Å². The van der Waals surface area contributed by atoms with Gasteiger partial charge in [-0.15, -0.1) is 31.7 Å². The summed E-state index contributed by atoms with van der Waals surface area (Å²) in [7, 11) is 0. The number of benzene rings is 10. The number of rotatable bonds is 6. The maximum atomic E-state index is 6.49. The summed E-state index contributed by atoms with van der Waals surface area (Å²) in [6, 6.07) is 72.1. The highest BCUT2D eigenvalue weighted by Crippen LogP contribution is 2.48. The third-order valence-corrected chi connectivity index (χ3v) is 14.6. The Morgan fingerprint density at radius 3 is 1.06 bits per heavy atom. The summed E-state index contributed by atoms with van der Waals surface area (Å²) in [5.41, 5.74) is 8.50. The van der Waals surface area contributed by atoms with E-state index in [1.54, 1.807) is 11.3 Å². The summed E-state index contributed by atoms with van der Waals surface area (Å²) < 4.78 is 14.9. The van der Waals surface area contributed by atoms with Gasteiger partial charge in [0.1, 0.15) is 33.4 Å². The molecule has 5 aromatic heterocycles. The van der Waals surface area contributed by atoms with Crippen molar-refractivity contribution < 1.29 is 8.83 Å². The van der Waals surface area contributed by atoms with Gasteiger partial charge in [-0.1, -0.05) is 133 Å². The third kappa shape index (κ3) is 5.81. The highest BCUT2D eigenvalue weighted by molar-refractivity contribution is 7.25. The van der Waals surface area contributed by atoms with Crippen molar-refractivity contribution in [3.05, 3.63) is 206 Å². The van der Waals surface area contributed by atoms with Crippen LogP contribution >= 0.6 is 11.3 Å². The van der Waals surface area contributed by atoms with E-state index < -0.39 is 0 Å². The number of hydrogen-bond acceptors (Lipinski definition) is 9. The topological polar surface area (TPSA) is 84.3 Å². The molecule has 10 aromatic carbocycles. The first-order chi connectivity index (χ1) is 34.2. The van der Waals surface area contributed by atoms with Crippen molar-refractivity contribution in [2.75, 3.05) is 9.80 Å². The SMILES string of the molecule is c1ccc2c(N(c3ccc4c(c3)oc3ccccc34)c3cc4sc5cc(N(c6ccc7c(c6)oc6ccccc67)c6c7ccccc7cc7ccccc67)nnc5c4nn3)c3ccccc3cc2c1. The summed E-state index contributed by atoms with van der Waals surface area (Å²) in [6.45, 7) is 0. The smallest absolute Gasteiger partial charge is 0.161 e. The monoisotopic (exact) mass is 902 g/mol. The van der Waals surface area contributed by atoms with Crippen LogP contribution in [0, 0.1) is 0 Å². The Bertz CT molecular complexity index is 4210. The predicted octanol–water partition coefficient (Wildman–Crippen LogP) is 17.0. The van der Waals surface area contributed by atoms with Gasteiger partial charge in [0.05, 0.1) is 32.1 Å². The average Bonchev–Trinajstić information content (AvgIpc) is 4.09. The molecule has 0 aliphatic rings. The molecule has 0 saturated heterocycles. The van der Waals surface area contributed by atoms with Crippen LogP contribution in [0.15, 0.2) is 215 Å². The van der Waals surface area contributed by atoms with Crippen LogP contribution in [-0.2, 0) is 0 Å². The number of nitrogens with zero attached hydrogens (tertiary/aromatic N) is 6. The lowest BCUT2D eigenvalue weighted by atomic mass is 9.99. The predicted molar refractivity (Wildman–Crippen MR) is 284 cm³/mol. The van der Waals surface area contributed by atoms with Crippen molar-refractivity contribution in [1.82, 2.24) is 20.4 Å². The van der Waals surface area contributed by atoms with Gasteiger partial charge in [-0.25, -0.2) is 0 Å². The van der Waals surface area contributed by atoms with E-state index in [1.807, 2.05) is 36.4 Å². The van der Waals surface area contributed by atoms with Crippen molar-refractivity contribution in [3.8, 4) is 0 Å². The normalized spacial score (nSPS) is 12.1. The van der Waals surface area contributed by atoms with Gasteiger partial charge in [0.25, 0.3) is 0 Å². The molecule has 0 saturated carbocycles. The fourth-order valence-electron chi connectivity index (χ4n) is 10.5. The largest absolute Gasteiger partial charge is 0.456 e. The summed E-state index contributed by atoms with van der Waals surface area (Å²) in [4.78, 5) is 4.46. The zero-order chi connectivity index (χ0) is 45.2. The van der Waals surface area contributed by atoms with Gasteiger partial charge in [-0.3, -0.25) is 9.80 Å². The molecule has 0 unspecified atom stereocenters. The highest BCUT2D eigenvalue weighted by atomic mass is 32.1. The van der Waals surface area contributed by atoms with Crippen molar-refractivity contribution in [2.24, 2.45) is 0 Å². The standard InChI is InChI=1S/C60H34N6O2S/c1-5-17-41-35(13-1)29-36-14-2-6-18-42(36)59(41)65(39-25-27-47-45-21-9-11-23-49(45)67-51(47)31-39)55-33-53-57(63-61-55)58-54(69-53)34-56(62-64-58)66(40-26-28-48-46-22-10-12-24-50(46)68-52(48)32-40)60-43-19-7-3-15-37(43)30-38-16-4-8-20-44(38)60/h1-34H. The number of thiophene rings is 1. The quantitative estimate of drug-likeness (QED) is 0.153. The highest BCUT2D eigenvalue weighted by Gasteiger charge is 2.26. The maximum Gasteiger partial charge on any atom is 0.161 e. The lowest BCUT2D eigenvalue weighted by Gasteiger charge is -2.27. The van der Waals surface area contributed by atoms with E-state index in [4.69, 9.17) is 29.2 Å². The second-order valence-electron chi connectivity index (χ2n) is 17.5. The molecular weight excluding hydrogens is 869 g/mol. The first kappa shape index (κ1) is 38.0. The fourth-order valence-corrected chi connectivity index (χ4v) is 11.5. The lowest BCUT2D eigenvalue weighted by molar-refractivity contribution is 0.668. The molecule has 0 atom stereocenters. The molecule has 0 fully saturated rings. The first-order valence-corrected chi connectivity index (χ1v) is 23.7. The Morgan fingerprint density at radius 1 is 0.304 bits per heavy atom. The van der Waals surface area contributed by atoms with Crippen LogP contribution < -0.4 is 9.80 Å². The van der Waals surface area contributed by atoms with Gasteiger partial charge in [0.2, 0.25) is 0 Å². The Balaban J connectivity index is 0.949. The van der Waals surface area contributed by atoms with Gasteiger partial charge in [0.15, 0.2) is 11.6 Å². The van der Waals surface area contributed by atoms with E-state index >= 15 is 0 Å². The van der Waals surface area contributed by atoms with Crippen LogP contribution in [0.3, 0.4) is 0 Å². The van der Waals surface area contributed by atoms with E-state index in [1.165, 1.54) is 0 Å². The minimum Gasteiger partial charge on any atom is -0.456 e. The lowest BCUT2D eigenvalue weighted by Crippen LogP contribution is -2.13. The van der Waals surface area contributed by atoms with Crippen LogP contribution in [0.4, 0.5) is 34.4 Å². The number of aromatic nitrogens is 4. The molecule has 322 valence electrons. The average molecular weight is 903 g/mol. The van der Waals surface area contributed by atoms with Gasteiger partial charge < -0.3 is 8.83 Å². The maximum absolute atomic E-state index is 6.49. The third-order valence-electron chi connectivity index (χ3n) is 13.6. The molecule has 0 aliphatic heterocycles. The van der Waals surface area contributed by atoms with E-state index in [2.05, 4.69) is 180 Å². The molecule has 15 rings (SSSR count). The molecule has 0 radical (unpaired) electrons. The molecule has 0 spiro atoms. The van der Waals surface area contributed by atoms with Crippen molar-refractivity contribution >= 4 is 153 Å². The number of para-hydroxylation sites is 2. The van der Waals surface area contributed by atoms with Gasteiger partial charge >= 0.3 is 0 Å². The molecule has 9 heteroatoms. The van der Waals surface area contributed by atoms with Crippen molar-refractivity contribution in [2.45, 2.75) is 0 Å². The van der Waals surface area contributed by atoms with Gasteiger partial charge in [-0.05, 0) is 70.1 Å². The van der Waals surface area contributed by atoms with Crippen molar-refractivity contribution in [3.63, 3.8) is 0 Å². The molecular formula is C60H34N6O2S. The van der Waals surface area contributed by atoms with Crippen molar-refractivity contribution in [1.29, 1.82) is 0 Å². The van der Waals surface area contributed by atoms with Crippen LogP contribution in [0.1, 0.15) is 0 Å². The van der Waals surface area contributed by atoms with Gasteiger partial charge in [-0.2, -0.15) is 0 Å². The molecule has 8 nitrogen and oxygen atoms in total. The molecule has 15 aromatic rings. The summed E-state index contributed by atoms with van der Waals surface area (Å²) in [5, 5.41) is 33.2. The summed E-state index contributed by atoms with van der Waals surface area (Å²) in [5.74, 6) is 1.34. The van der Waals surface area contributed by atoms with E-state index in [-0.39, 0.29) is 0 Å². The van der Waals surface area contributed by atoms with Crippen LogP contribution in [-0.4, -0.2) is 20.4 Å². The minimum absolute atomic E-state index is 0.669. The number of furan rings is 2. The second kappa shape index (κ2) is 14.7. The number of hydrogen-bond donors (Lipinski definition) is 0. The molecule has 0 aliphatic carbocycles. The van der Waals surface area contributed by atoms with Crippen LogP contribution in [0.25, 0.3) is 107 Å². The Labute approximate surface area is 396 Å². The summed E-state index contributed by atoms with van der Waals surface area (Å²) >= 11 is 1.64. The molecule has 69 heavy (non-hydrogen) atoms. The Hall–Kier alpha value is -9.18. The molecule has 5 heterocycles. The number of fused-ring (bicyclic) bond motifs is 13. The zero-order valence-electron chi connectivity index (χ0n) is 36.5. The van der Waals surface area contributed by atoms with E-state index in [0.29, 0.717) is 22.7 Å². The zero-order valence-corrected chi connectivity index (χ0v) is 37.4. The Kier molecular flexibility index (Phi) is 8.07. The van der Waals surface area contributed by atoms with Crippen LogP contribution in [0.2, 0.25) is 0 Å². The fraction of sp³-hybridized carbons (Fsp3) is 0. The molecule has 0 N–H and O–H groups in total. The number of anilines is 6. The second-order valence-corrected chi connectivity index (χ2v) is 18.6. The molecule has 0 amide bonds. The minimum atomic E-state index is 0.669. The van der Waals surface area contributed by atoms with E-state index in [9.17, 15) is 0 Å². The first-order valence-electron chi connectivity index (χ1n) is 22.9. The van der Waals surface area contributed by atoms with Gasteiger partial charge in [0, 0.05) is 67.4 Å². The Morgan fingerprint density at radius 2 is 0.652 bits per heavy atom. The van der Waals surface area contributed by atoms with E-state index in [0.717, 1.165) is 119 Å². The summed E-state index contributed by atoms with van der Waals surface area (Å²) in [6.07, 6.45) is 0. The molecule has 0 bridgehead atoms.